The molecule has 2 N–H and O–H groups in total. The van der Waals surface area contributed by atoms with Crippen molar-refractivity contribution in [3.8, 4) is 0 Å². The maximum Gasteiger partial charge on any atom is 0.254 e. The van der Waals surface area contributed by atoms with Crippen molar-refractivity contribution >= 4 is 40.7 Å². The highest BCUT2D eigenvalue weighted by Crippen LogP contribution is 2.24. The number of anilines is 2. The van der Waals surface area contributed by atoms with Gasteiger partial charge in [0.2, 0.25) is 5.95 Å². The molecule has 1 aromatic heterocycles. The van der Waals surface area contributed by atoms with E-state index in [1.54, 1.807) is 18.2 Å². The van der Waals surface area contributed by atoms with Crippen molar-refractivity contribution in [2.45, 2.75) is 38.1 Å². The van der Waals surface area contributed by atoms with Gasteiger partial charge in [0.25, 0.3) is 5.91 Å². The molecular formula is C17H18Cl2N4O. The average molecular weight is 365 g/mol. The lowest BCUT2D eigenvalue weighted by Crippen LogP contribution is -2.36. The van der Waals surface area contributed by atoms with Crippen molar-refractivity contribution in [2.24, 2.45) is 0 Å². The molecular weight excluding hydrogens is 347 g/mol. The molecule has 1 aliphatic carbocycles. The first kappa shape index (κ1) is 17.0. The SMILES string of the molecule is O=C(NC1CCCCC1)c1cnc(Nc2cc(Cl)cc(Cl)c2)nc1. The van der Waals surface area contributed by atoms with Gasteiger partial charge in [-0.25, -0.2) is 9.97 Å². The van der Waals surface area contributed by atoms with Crippen LogP contribution in [0.15, 0.2) is 30.6 Å². The van der Waals surface area contributed by atoms with E-state index in [1.165, 1.54) is 31.7 Å². The van der Waals surface area contributed by atoms with Gasteiger partial charge in [-0.15, -0.1) is 0 Å². The summed E-state index contributed by atoms with van der Waals surface area (Å²) in [5, 5.41) is 7.10. The third kappa shape index (κ3) is 4.58. The van der Waals surface area contributed by atoms with Gasteiger partial charge in [0, 0.05) is 34.2 Å². The normalized spacial score (nSPS) is 15.1. The highest BCUT2D eigenvalue weighted by Gasteiger charge is 2.17. The lowest BCUT2D eigenvalue weighted by Gasteiger charge is -2.22. The Balaban J connectivity index is 1.63. The van der Waals surface area contributed by atoms with Crippen molar-refractivity contribution in [1.29, 1.82) is 0 Å². The Labute approximate surface area is 150 Å². The highest BCUT2D eigenvalue weighted by molar-refractivity contribution is 6.35. The van der Waals surface area contributed by atoms with Crippen molar-refractivity contribution in [3.63, 3.8) is 0 Å². The third-order valence-corrected chi connectivity index (χ3v) is 4.41. The Morgan fingerprint density at radius 2 is 1.62 bits per heavy atom. The fourth-order valence-corrected chi connectivity index (χ4v) is 3.31. The first-order valence-corrected chi connectivity index (χ1v) is 8.72. The number of carbonyl (C=O) groups excluding carboxylic acids is 1. The van der Waals surface area contributed by atoms with E-state index < -0.39 is 0 Å². The van der Waals surface area contributed by atoms with E-state index in [1.807, 2.05) is 0 Å². The van der Waals surface area contributed by atoms with Crippen LogP contribution in [-0.4, -0.2) is 21.9 Å². The summed E-state index contributed by atoms with van der Waals surface area (Å²) in [6, 6.07) is 5.35. The second-order valence-electron chi connectivity index (χ2n) is 5.89. The van der Waals surface area contributed by atoms with Crippen LogP contribution in [0.4, 0.5) is 11.6 Å². The average Bonchev–Trinajstić information content (AvgIpc) is 2.55. The lowest BCUT2D eigenvalue weighted by atomic mass is 9.95. The number of aromatic nitrogens is 2. The predicted octanol–water partition coefficient (Wildman–Crippen LogP) is 4.59. The molecule has 24 heavy (non-hydrogen) atoms. The van der Waals surface area contributed by atoms with Crippen LogP contribution in [0, 0.1) is 0 Å². The molecule has 5 nitrogen and oxygen atoms in total. The van der Waals surface area contributed by atoms with E-state index in [0.29, 0.717) is 27.2 Å². The Morgan fingerprint density at radius 1 is 1.00 bits per heavy atom. The van der Waals surface area contributed by atoms with Crippen molar-refractivity contribution < 1.29 is 4.79 Å². The number of nitrogens with zero attached hydrogens (tertiary/aromatic N) is 2. The van der Waals surface area contributed by atoms with Gasteiger partial charge in [0.15, 0.2) is 0 Å². The molecule has 0 bridgehead atoms. The van der Waals surface area contributed by atoms with E-state index in [0.717, 1.165) is 12.8 Å². The molecule has 0 unspecified atom stereocenters. The fourth-order valence-electron chi connectivity index (χ4n) is 2.78. The molecule has 1 amide bonds. The minimum atomic E-state index is -0.126. The van der Waals surface area contributed by atoms with Gasteiger partial charge < -0.3 is 10.6 Å². The summed E-state index contributed by atoms with van der Waals surface area (Å²) in [5.41, 5.74) is 1.14. The summed E-state index contributed by atoms with van der Waals surface area (Å²) < 4.78 is 0. The van der Waals surface area contributed by atoms with Crippen LogP contribution in [-0.2, 0) is 0 Å². The Kier molecular flexibility index (Phi) is 5.53. The Bertz CT molecular complexity index is 695. The minimum Gasteiger partial charge on any atom is -0.349 e. The smallest absolute Gasteiger partial charge is 0.254 e. The number of carbonyl (C=O) groups is 1. The number of rotatable bonds is 4. The molecule has 1 fully saturated rings. The molecule has 0 radical (unpaired) electrons. The molecule has 0 spiro atoms. The van der Waals surface area contributed by atoms with Crippen molar-refractivity contribution in [2.75, 3.05) is 5.32 Å². The molecule has 7 heteroatoms. The third-order valence-electron chi connectivity index (χ3n) is 3.97. The lowest BCUT2D eigenvalue weighted by molar-refractivity contribution is 0.0927. The summed E-state index contributed by atoms with van der Waals surface area (Å²) >= 11 is 11.9. The molecule has 1 aliphatic rings. The van der Waals surface area contributed by atoms with E-state index in [2.05, 4.69) is 20.6 Å². The second kappa shape index (κ2) is 7.81. The van der Waals surface area contributed by atoms with E-state index in [-0.39, 0.29) is 11.9 Å². The molecule has 2 aromatic rings. The standard InChI is InChI=1S/C17H18Cl2N4O/c18-12-6-13(19)8-15(7-12)23-17-20-9-11(10-21-17)16(24)22-14-4-2-1-3-5-14/h6-10,14H,1-5H2,(H,22,24)(H,20,21,23). The van der Waals surface area contributed by atoms with E-state index in [4.69, 9.17) is 23.2 Å². The van der Waals surface area contributed by atoms with Gasteiger partial charge in [-0.05, 0) is 31.0 Å². The summed E-state index contributed by atoms with van der Waals surface area (Å²) in [7, 11) is 0. The van der Waals surface area contributed by atoms with E-state index in [9.17, 15) is 4.79 Å². The van der Waals surface area contributed by atoms with Crippen LogP contribution >= 0.6 is 23.2 Å². The van der Waals surface area contributed by atoms with E-state index >= 15 is 0 Å². The summed E-state index contributed by atoms with van der Waals surface area (Å²) in [6.07, 6.45) is 8.71. The van der Waals surface area contributed by atoms with Crippen LogP contribution in [0.1, 0.15) is 42.5 Å². The number of nitrogens with one attached hydrogen (secondary N) is 2. The zero-order valence-electron chi connectivity index (χ0n) is 13.1. The molecule has 0 aliphatic heterocycles. The van der Waals surface area contributed by atoms with Gasteiger partial charge in [-0.1, -0.05) is 42.5 Å². The summed E-state index contributed by atoms with van der Waals surface area (Å²) in [4.78, 5) is 20.6. The van der Waals surface area contributed by atoms with Crippen LogP contribution in [0.25, 0.3) is 0 Å². The maximum atomic E-state index is 12.2. The topological polar surface area (TPSA) is 66.9 Å². The van der Waals surface area contributed by atoms with Gasteiger partial charge in [-0.3, -0.25) is 4.79 Å². The molecule has 0 saturated heterocycles. The summed E-state index contributed by atoms with van der Waals surface area (Å²) in [6.45, 7) is 0. The molecule has 126 valence electrons. The molecule has 1 saturated carbocycles. The number of halogens is 2. The molecule has 1 aromatic carbocycles. The van der Waals surface area contributed by atoms with Crippen LogP contribution < -0.4 is 10.6 Å². The molecule has 3 rings (SSSR count). The number of hydrogen-bond donors (Lipinski definition) is 2. The first-order valence-electron chi connectivity index (χ1n) is 7.96. The summed E-state index contributed by atoms with van der Waals surface area (Å²) in [5.74, 6) is 0.252. The maximum absolute atomic E-state index is 12.2. The minimum absolute atomic E-state index is 0.126. The van der Waals surface area contributed by atoms with Crippen molar-refractivity contribution in [3.05, 3.63) is 46.2 Å². The van der Waals surface area contributed by atoms with Gasteiger partial charge in [0.05, 0.1) is 5.56 Å². The predicted molar refractivity (Wildman–Crippen MR) is 96.1 cm³/mol. The Hall–Kier alpha value is -1.85. The van der Waals surface area contributed by atoms with Crippen LogP contribution in [0.5, 0.6) is 0 Å². The van der Waals surface area contributed by atoms with Crippen LogP contribution in [0.3, 0.4) is 0 Å². The highest BCUT2D eigenvalue weighted by atomic mass is 35.5. The zero-order chi connectivity index (χ0) is 16.9. The van der Waals surface area contributed by atoms with Gasteiger partial charge >= 0.3 is 0 Å². The van der Waals surface area contributed by atoms with Gasteiger partial charge in [-0.2, -0.15) is 0 Å². The first-order chi connectivity index (χ1) is 11.6. The number of benzene rings is 1. The monoisotopic (exact) mass is 364 g/mol. The molecule has 1 heterocycles. The quantitative estimate of drug-likeness (QED) is 0.832. The number of amides is 1. The zero-order valence-corrected chi connectivity index (χ0v) is 14.6. The fraction of sp³-hybridized carbons (Fsp3) is 0.353. The Morgan fingerprint density at radius 3 is 2.25 bits per heavy atom. The largest absolute Gasteiger partial charge is 0.349 e. The van der Waals surface area contributed by atoms with Crippen LogP contribution in [0.2, 0.25) is 10.0 Å². The van der Waals surface area contributed by atoms with Gasteiger partial charge in [0.1, 0.15) is 0 Å². The van der Waals surface area contributed by atoms with Crippen molar-refractivity contribution in [1.82, 2.24) is 15.3 Å². The number of hydrogen-bond acceptors (Lipinski definition) is 4. The molecule has 0 atom stereocenters. The second-order valence-corrected chi connectivity index (χ2v) is 6.76.